The van der Waals surface area contributed by atoms with E-state index >= 15 is 0 Å². The molecule has 2 amide bonds. The second kappa shape index (κ2) is 8.66. The van der Waals surface area contributed by atoms with Gasteiger partial charge < -0.3 is 10.1 Å². The molecule has 1 rings (SSSR count). The van der Waals surface area contributed by atoms with Crippen molar-refractivity contribution in [1.29, 1.82) is 0 Å². The van der Waals surface area contributed by atoms with Crippen LogP contribution in [0.4, 0.5) is 0 Å². The summed E-state index contributed by atoms with van der Waals surface area (Å²) in [5.41, 5.74) is 1.09. The molecule has 0 aliphatic rings. The van der Waals surface area contributed by atoms with E-state index < -0.39 is 11.4 Å². The molecular weight excluding hydrogens is 324 g/mol. The first-order valence-corrected chi connectivity index (χ1v) is 8.23. The highest BCUT2D eigenvalue weighted by Gasteiger charge is 2.21. The molecule has 0 unspecified atom stereocenters. The van der Waals surface area contributed by atoms with Crippen molar-refractivity contribution in [1.82, 2.24) is 20.6 Å². The van der Waals surface area contributed by atoms with Gasteiger partial charge in [-0.15, -0.1) is 0 Å². The molecule has 3 N–H and O–H groups in total. The molecule has 0 aliphatic heterocycles. The first-order chi connectivity index (χ1) is 11.6. The van der Waals surface area contributed by atoms with Gasteiger partial charge in [-0.25, -0.2) is 10.2 Å². The van der Waals surface area contributed by atoms with Crippen molar-refractivity contribution >= 4 is 18.0 Å². The number of amides is 2. The van der Waals surface area contributed by atoms with E-state index in [1.807, 2.05) is 41.5 Å². The SMILES string of the molecule is CC(C)COc1c(C(=O)NO)cnn1/C=C/C(C)(C)NC(=O)C(C)C. The molecular formula is C17H28N4O4. The van der Waals surface area contributed by atoms with Crippen LogP contribution < -0.4 is 15.5 Å². The lowest BCUT2D eigenvalue weighted by Crippen LogP contribution is -2.43. The fraction of sp³-hybridized carbons (Fsp3) is 0.588. The Morgan fingerprint density at radius 3 is 2.52 bits per heavy atom. The summed E-state index contributed by atoms with van der Waals surface area (Å²) in [6.45, 7) is 11.7. The largest absolute Gasteiger partial charge is 0.477 e. The Morgan fingerprint density at radius 2 is 2.00 bits per heavy atom. The van der Waals surface area contributed by atoms with E-state index in [1.165, 1.54) is 10.9 Å². The van der Waals surface area contributed by atoms with Crippen molar-refractivity contribution in [3.63, 3.8) is 0 Å². The number of hydrogen-bond acceptors (Lipinski definition) is 5. The minimum atomic E-state index is -0.703. The van der Waals surface area contributed by atoms with Gasteiger partial charge in [0.1, 0.15) is 5.56 Å². The van der Waals surface area contributed by atoms with Crippen molar-refractivity contribution < 1.29 is 19.5 Å². The van der Waals surface area contributed by atoms with Crippen molar-refractivity contribution in [3.05, 3.63) is 17.8 Å². The molecule has 0 saturated carbocycles. The summed E-state index contributed by atoms with van der Waals surface area (Å²) in [5.74, 6) is -0.415. The van der Waals surface area contributed by atoms with E-state index in [9.17, 15) is 9.59 Å². The van der Waals surface area contributed by atoms with Crippen LogP contribution in [0.1, 0.15) is 51.9 Å². The first kappa shape index (κ1) is 20.7. The second-order valence-corrected chi connectivity index (χ2v) is 7.14. The topological polar surface area (TPSA) is 105 Å². The molecule has 0 aliphatic carbocycles. The number of carbonyl (C=O) groups is 2. The third kappa shape index (κ3) is 6.22. The van der Waals surface area contributed by atoms with Crippen molar-refractivity contribution in [2.45, 2.75) is 47.1 Å². The van der Waals surface area contributed by atoms with Crippen LogP contribution in [0.15, 0.2) is 12.3 Å². The maximum absolute atomic E-state index is 11.9. The van der Waals surface area contributed by atoms with Crippen LogP contribution in [0.2, 0.25) is 0 Å². The maximum Gasteiger partial charge on any atom is 0.281 e. The number of rotatable bonds is 8. The Morgan fingerprint density at radius 1 is 1.36 bits per heavy atom. The highest BCUT2D eigenvalue weighted by atomic mass is 16.5. The monoisotopic (exact) mass is 352 g/mol. The molecule has 1 heterocycles. The smallest absolute Gasteiger partial charge is 0.281 e. The van der Waals surface area contributed by atoms with Crippen LogP contribution in [-0.4, -0.2) is 38.9 Å². The molecule has 0 aromatic carbocycles. The fourth-order valence-electron chi connectivity index (χ4n) is 1.82. The summed E-state index contributed by atoms with van der Waals surface area (Å²) < 4.78 is 7.07. The van der Waals surface area contributed by atoms with Crippen molar-refractivity contribution in [2.24, 2.45) is 11.8 Å². The summed E-state index contributed by atoms with van der Waals surface area (Å²) in [5, 5.41) is 15.9. The zero-order valence-electron chi connectivity index (χ0n) is 15.7. The summed E-state index contributed by atoms with van der Waals surface area (Å²) in [6, 6.07) is 0. The van der Waals surface area contributed by atoms with E-state index in [4.69, 9.17) is 9.94 Å². The summed E-state index contributed by atoms with van der Waals surface area (Å²) in [6.07, 6.45) is 4.68. The molecule has 1 aromatic heterocycles. The third-order valence-corrected chi connectivity index (χ3v) is 3.25. The predicted octanol–water partition coefficient (Wildman–Crippen LogP) is 2.06. The molecule has 8 nitrogen and oxygen atoms in total. The number of hydrogen-bond donors (Lipinski definition) is 3. The van der Waals surface area contributed by atoms with Crippen LogP contribution in [0.5, 0.6) is 5.88 Å². The molecule has 0 radical (unpaired) electrons. The minimum absolute atomic E-state index is 0.0632. The van der Waals surface area contributed by atoms with Gasteiger partial charge in [-0.3, -0.25) is 14.8 Å². The average molecular weight is 352 g/mol. The molecule has 140 valence electrons. The Kier molecular flexibility index (Phi) is 7.17. The van der Waals surface area contributed by atoms with Gasteiger partial charge in [0.15, 0.2) is 0 Å². The summed E-state index contributed by atoms with van der Waals surface area (Å²) >= 11 is 0. The van der Waals surface area contributed by atoms with E-state index in [2.05, 4.69) is 10.4 Å². The number of hydroxylamine groups is 1. The Bertz CT molecular complexity index is 633. The van der Waals surface area contributed by atoms with E-state index in [1.54, 1.807) is 17.8 Å². The van der Waals surface area contributed by atoms with Crippen LogP contribution in [0.25, 0.3) is 6.20 Å². The van der Waals surface area contributed by atoms with E-state index in [0.717, 1.165) is 0 Å². The minimum Gasteiger partial charge on any atom is -0.477 e. The normalized spacial score (nSPS) is 12.0. The van der Waals surface area contributed by atoms with Gasteiger partial charge in [0.05, 0.1) is 18.3 Å². The van der Waals surface area contributed by atoms with Gasteiger partial charge in [-0.1, -0.05) is 27.7 Å². The standard InChI is InChI=1S/C17H28N4O4/c1-11(2)10-25-16-13(15(23)20-24)9-18-21(16)8-7-17(5,6)19-14(22)12(3)4/h7-9,11-12,24H,10H2,1-6H3,(H,19,22)(H,20,23)/b8-7+. The Hall–Kier alpha value is -2.35. The van der Waals surface area contributed by atoms with Gasteiger partial charge in [0.2, 0.25) is 11.8 Å². The number of nitrogens with one attached hydrogen (secondary N) is 2. The Labute approximate surface area is 148 Å². The molecule has 8 heteroatoms. The highest BCUT2D eigenvalue weighted by Crippen LogP contribution is 2.20. The van der Waals surface area contributed by atoms with Crippen LogP contribution in [0, 0.1) is 11.8 Å². The van der Waals surface area contributed by atoms with Gasteiger partial charge in [-0.2, -0.15) is 5.10 Å². The van der Waals surface area contributed by atoms with Gasteiger partial charge in [-0.05, 0) is 25.8 Å². The fourth-order valence-corrected chi connectivity index (χ4v) is 1.82. The molecule has 25 heavy (non-hydrogen) atoms. The lowest BCUT2D eigenvalue weighted by molar-refractivity contribution is -0.125. The number of nitrogens with zero attached hydrogens (tertiary/aromatic N) is 2. The first-order valence-electron chi connectivity index (χ1n) is 8.23. The van der Waals surface area contributed by atoms with E-state index in [0.29, 0.717) is 6.61 Å². The summed E-state index contributed by atoms with van der Waals surface area (Å²) in [7, 11) is 0. The number of aromatic nitrogens is 2. The average Bonchev–Trinajstić information content (AvgIpc) is 2.92. The van der Waals surface area contributed by atoms with Gasteiger partial charge in [0, 0.05) is 12.1 Å². The zero-order chi connectivity index (χ0) is 19.2. The number of carbonyl (C=O) groups excluding carboxylic acids is 2. The highest BCUT2D eigenvalue weighted by molar-refractivity contribution is 5.95. The lowest BCUT2D eigenvalue weighted by Gasteiger charge is -2.23. The van der Waals surface area contributed by atoms with Gasteiger partial charge >= 0.3 is 0 Å². The zero-order valence-corrected chi connectivity index (χ0v) is 15.7. The van der Waals surface area contributed by atoms with Crippen LogP contribution >= 0.6 is 0 Å². The Balaban J connectivity index is 3.05. The molecule has 1 aromatic rings. The predicted molar refractivity (Wildman–Crippen MR) is 94.2 cm³/mol. The van der Waals surface area contributed by atoms with Crippen molar-refractivity contribution in [2.75, 3.05) is 6.61 Å². The molecule has 0 fully saturated rings. The van der Waals surface area contributed by atoms with Crippen LogP contribution in [-0.2, 0) is 4.79 Å². The molecule has 0 atom stereocenters. The van der Waals surface area contributed by atoms with Gasteiger partial charge in [0.25, 0.3) is 5.91 Å². The number of ether oxygens (including phenoxy) is 1. The van der Waals surface area contributed by atoms with Crippen LogP contribution in [0.3, 0.4) is 0 Å². The van der Waals surface area contributed by atoms with E-state index in [-0.39, 0.29) is 29.2 Å². The third-order valence-electron chi connectivity index (χ3n) is 3.25. The quantitative estimate of drug-likeness (QED) is 0.490. The van der Waals surface area contributed by atoms with Crippen molar-refractivity contribution in [3.8, 4) is 5.88 Å². The molecule has 0 bridgehead atoms. The molecule has 0 saturated heterocycles. The maximum atomic E-state index is 11.9. The molecule has 0 spiro atoms. The lowest BCUT2D eigenvalue weighted by atomic mass is 10.0. The summed E-state index contributed by atoms with van der Waals surface area (Å²) in [4.78, 5) is 23.6. The second-order valence-electron chi connectivity index (χ2n) is 7.14.